The molecule has 2 aliphatic rings. The van der Waals surface area contributed by atoms with Crippen molar-refractivity contribution < 1.29 is 17.9 Å². The Morgan fingerprint density at radius 1 is 1.22 bits per heavy atom. The van der Waals surface area contributed by atoms with Gasteiger partial charge >= 0.3 is 5.97 Å². The number of benzene rings is 1. The van der Waals surface area contributed by atoms with Crippen LogP contribution in [0.2, 0.25) is 0 Å². The summed E-state index contributed by atoms with van der Waals surface area (Å²) < 4.78 is 32.7. The van der Waals surface area contributed by atoms with Crippen molar-refractivity contribution in [2.24, 2.45) is 5.92 Å². The van der Waals surface area contributed by atoms with E-state index in [2.05, 4.69) is 12.0 Å². The Hall–Kier alpha value is -2.15. The number of esters is 1. The second kappa shape index (κ2) is 6.78. The predicted octanol–water partition coefficient (Wildman–Crippen LogP) is 3.77. The Bertz CT molecular complexity index is 985. The molecule has 1 aromatic heterocycles. The largest absolute Gasteiger partial charge is 0.461 e. The minimum Gasteiger partial charge on any atom is -0.461 e. The van der Waals surface area contributed by atoms with E-state index in [9.17, 15) is 13.2 Å². The van der Waals surface area contributed by atoms with E-state index in [-0.39, 0.29) is 24.1 Å². The predicted molar refractivity (Wildman–Crippen MR) is 101 cm³/mol. The molecule has 0 radical (unpaired) electrons. The standard InChI is InChI=1S/C20H24N2O4S/c1-3-26-20(23)18-16-12-27(24,25)17-7-5-4-6-15(17)19(16)22(21-18)14-10-8-13(2)9-11-14/h4-7,13-14H,3,8-12H2,1-2H3. The van der Waals surface area contributed by atoms with Crippen LogP contribution in [0.5, 0.6) is 0 Å². The second-order valence-corrected chi connectivity index (χ2v) is 9.47. The molecule has 0 N–H and O–H groups in total. The Balaban J connectivity index is 1.92. The highest BCUT2D eigenvalue weighted by atomic mass is 32.2. The van der Waals surface area contributed by atoms with Gasteiger partial charge in [-0.3, -0.25) is 4.68 Å². The lowest BCUT2D eigenvalue weighted by Crippen LogP contribution is -2.20. The number of aromatic nitrogens is 2. The molecule has 1 fully saturated rings. The topological polar surface area (TPSA) is 78.3 Å². The number of hydrogen-bond donors (Lipinski definition) is 0. The van der Waals surface area contributed by atoms with Crippen molar-refractivity contribution in [1.29, 1.82) is 0 Å². The summed E-state index contributed by atoms with van der Waals surface area (Å²) in [6, 6.07) is 7.18. The summed E-state index contributed by atoms with van der Waals surface area (Å²) in [4.78, 5) is 12.8. The average molecular weight is 388 g/mol. The van der Waals surface area contributed by atoms with Gasteiger partial charge in [-0.15, -0.1) is 0 Å². The third-order valence-corrected chi connectivity index (χ3v) is 7.31. The first kappa shape index (κ1) is 18.2. The number of rotatable bonds is 3. The lowest BCUT2D eigenvalue weighted by atomic mass is 9.87. The van der Waals surface area contributed by atoms with Crippen LogP contribution < -0.4 is 0 Å². The van der Waals surface area contributed by atoms with E-state index in [4.69, 9.17) is 4.74 Å². The Morgan fingerprint density at radius 2 is 1.93 bits per heavy atom. The third kappa shape index (κ3) is 3.08. The molecule has 0 unspecified atom stereocenters. The van der Waals surface area contributed by atoms with Gasteiger partial charge in [0.05, 0.1) is 29.0 Å². The smallest absolute Gasteiger partial charge is 0.359 e. The van der Waals surface area contributed by atoms with E-state index in [1.165, 1.54) is 0 Å². The molecule has 2 aromatic rings. The van der Waals surface area contributed by atoms with Gasteiger partial charge in [-0.1, -0.05) is 25.1 Å². The van der Waals surface area contributed by atoms with E-state index in [1.807, 2.05) is 16.8 Å². The summed E-state index contributed by atoms with van der Waals surface area (Å²) in [5.74, 6) is -0.0764. The van der Waals surface area contributed by atoms with Gasteiger partial charge in [-0.25, -0.2) is 13.2 Å². The summed E-state index contributed by atoms with van der Waals surface area (Å²) in [6.07, 6.45) is 4.17. The fraction of sp³-hybridized carbons (Fsp3) is 0.500. The highest BCUT2D eigenvalue weighted by molar-refractivity contribution is 7.90. The molecule has 4 rings (SSSR count). The highest BCUT2D eigenvalue weighted by Crippen LogP contribution is 2.43. The molecule has 2 heterocycles. The van der Waals surface area contributed by atoms with E-state index < -0.39 is 15.8 Å². The molecule has 0 amide bonds. The van der Waals surface area contributed by atoms with Crippen molar-refractivity contribution in [3.63, 3.8) is 0 Å². The van der Waals surface area contributed by atoms with E-state index >= 15 is 0 Å². The van der Waals surface area contributed by atoms with Crippen molar-refractivity contribution in [2.75, 3.05) is 6.61 Å². The van der Waals surface area contributed by atoms with Crippen molar-refractivity contribution in [1.82, 2.24) is 9.78 Å². The number of carbonyl (C=O) groups is 1. The molecule has 7 heteroatoms. The van der Waals surface area contributed by atoms with Gasteiger partial charge in [0.25, 0.3) is 0 Å². The molecule has 144 valence electrons. The molecule has 1 saturated carbocycles. The van der Waals surface area contributed by atoms with Gasteiger partial charge in [-0.2, -0.15) is 5.10 Å². The Kier molecular flexibility index (Phi) is 4.58. The third-order valence-electron chi connectivity index (χ3n) is 5.62. The molecule has 1 aliphatic heterocycles. The number of carbonyl (C=O) groups excluding carboxylic acids is 1. The van der Waals surface area contributed by atoms with Crippen LogP contribution in [0.25, 0.3) is 11.3 Å². The number of fused-ring (bicyclic) bond motifs is 3. The maximum Gasteiger partial charge on any atom is 0.359 e. The average Bonchev–Trinajstić information content (AvgIpc) is 3.01. The summed E-state index contributed by atoms with van der Waals surface area (Å²) in [5.41, 5.74) is 2.03. The number of ether oxygens (including phenoxy) is 1. The van der Waals surface area contributed by atoms with Crippen LogP contribution in [-0.2, 0) is 20.3 Å². The summed E-state index contributed by atoms with van der Waals surface area (Å²) in [5, 5.41) is 4.60. The van der Waals surface area contributed by atoms with Crippen molar-refractivity contribution in [3.05, 3.63) is 35.5 Å². The fourth-order valence-corrected chi connectivity index (χ4v) is 5.80. The van der Waals surface area contributed by atoms with Crippen LogP contribution >= 0.6 is 0 Å². The molecule has 0 spiro atoms. The molecule has 1 aromatic carbocycles. The maximum absolute atomic E-state index is 12.8. The molecule has 0 bridgehead atoms. The number of sulfone groups is 1. The van der Waals surface area contributed by atoms with Gasteiger partial charge in [0.2, 0.25) is 0 Å². The number of nitrogens with zero attached hydrogens (tertiary/aromatic N) is 2. The van der Waals surface area contributed by atoms with E-state index in [0.29, 0.717) is 21.9 Å². The van der Waals surface area contributed by atoms with Crippen LogP contribution in [0.15, 0.2) is 29.2 Å². The molecule has 27 heavy (non-hydrogen) atoms. The number of hydrogen-bond acceptors (Lipinski definition) is 5. The van der Waals surface area contributed by atoms with Gasteiger partial charge < -0.3 is 4.74 Å². The molecule has 0 saturated heterocycles. The summed E-state index contributed by atoms with van der Waals surface area (Å²) in [6.45, 7) is 4.21. The minimum absolute atomic E-state index is 0.142. The Morgan fingerprint density at radius 3 is 2.63 bits per heavy atom. The zero-order valence-corrected chi connectivity index (χ0v) is 16.5. The summed E-state index contributed by atoms with van der Waals surface area (Å²) >= 11 is 0. The minimum atomic E-state index is -3.51. The van der Waals surface area contributed by atoms with Crippen LogP contribution in [-0.4, -0.2) is 30.8 Å². The highest BCUT2D eigenvalue weighted by Gasteiger charge is 2.37. The molecule has 6 nitrogen and oxygen atoms in total. The van der Waals surface area contributed by atoms with Gasteiger partial charge in [0, 0.05) is 11.1 Å². The zero-order valence-electron chi connectivity index (χ0n) is 15.6. The van der Waals surface area contributed by atoms with Crippen LogP contribution in [0.4, 0.5) is 0 Å². The first-order chi connectivity index (χ1) is 12.9. The fourth-order valence-electron chi connectivity index (χ4n) is 4.21. The van der Waals surface area contributed by atoms with Gasteiger partial charge in [-0.05, 0) is 44.6 Å². The summed E-state index contributed by atoms with van der Waals surface area (Å²) in [7, 11) is -3.51. The van der Waals surface area contributed by atoms with Crippen molar-refractivity contribution in [2.45, 2.75) is 56.2 Å². The quantitative estimate of drug-likeness (QED) is 0.748. The first-order valence-corrected chi connectivity index (χ1v) is 11.2. The van der Waals surface area contributed by atoms with Crippen LogP contribution in [0.3, 0.4) is 0 Å². The molecular weight excluding hydrogens is 364 g/mol. The lowest BCUT2D eigenvalue weighted by molar-refractivity contribution is 0.0516. The molecule has 0 atom stereocenters. The van der Waals surface area contributed by atoms with E-state index in [1.54, 1.807) is 19.1 Å². The monoisotopic (exact) mass is 388 g/mol. The maximum atomic E-state index is 12.8. The normalized spacial score (nSPS) is 23.3. The Labute approximate surface area is 159 Å². The second-order valence-electron chi connectivity index (χ2n) is 7.51. The molecular formula is C20H24N2O4S. The van der Waals surface area contributed by atoms with Crippen molar-refractivity contribution >= 4 is 15.8 Å². The van der Waals surface area contributed by atoms with Gasteiger partial charge in [0.1, 0.15) is 0 Å². The first-order valence-electron chi connectivity index (χ1n) is 9.53. The molecule has 1 aliphatic carbocycles. The van der Waals surface area contributed by atoms with Crippen molar-refractivity contribution in [3.8, 4) is 11.3 Å². The van der Waals surface area contributed by atoms with E-state index in [0.717, 1.165) is 31.4 Å². The SMILES string of the molecule is CCOC(=O)c1nn(C2CCC(C)CC2)c2c1CS(=O)(=O)c1ccccc1-2. The zero-order chi connectivity index (χ0) is 19.2. The van der Waals surface area contributed by atoms with Crippen LogP contribution in [0.1, 0.15) is 61.6 Å². The van der Waals surface area contributed by atoms with Crippen LogP contribution in [0, 0.1) is 5.92 Å². The van der Waals surface area contributed by atoms with Gasteiger partial charge in [0.15, 0.2) is 15.5 Å². The lowest BCUT2D eigenvalue weighted by Gasteiger charge is -2.29.